The predicted molar refractivity (Wildman–Crippen MR) is 93.3 cm³/mol. The summed E-state index contributed by atoms with van der Waals surface area (Å²) in [4.78, 5) is 3.08. The Hall–Kier alpha value is -1.27. The van der Waals surface area contributed by atoms with E-state index in [9.17, 15) is 9.50 Å². The Bertz CT molecular complexity index is 585. The molecule has 0 aliphatic carbocycles. The van der Waals surface area contributed by atoms with E-state index in [1.54, 1.807) is 12.1 Å². The first-order valence-corrected chi connectivity index (χ1v) is 8.85. The van der Waals surface area contributed by atoms with Crippen LogP contribution in [0.15, 0.2) is 35.7 Å². The van der Waals surface area contributed by atoms with E-state index >= 15 is 0 Å². The van der Waals surface area contributed by atoms with Gasteiger partial charge in [0.2, 0.25) is 0 Å². The molecule has 0 saturated carbocycles. The molecule has 1 N–H and O–H groups in total. The van der Waals surface area contributed by atoms with Gasteiger partial charge in [0, 0.05) is 17.0 Å². The van der Waals surface area contributed by atoms with Crippen molar-refractivity contribution in [2.24, 2.45) is 0 Å². The average Bonchev–Trinajstić information content (AvgIpc) is 3.08. The van der Waals surface area contributed by atoms with Crippen LogP contribution in [0.4, 0.5) is 4.39 Å². The second kappa shape index (κ2) is 9.13. The molecule has 0 spiro atoms. The minimum absolute atomic E-state index is 0.170. The van der Waals surface area contributed by atoms with Crippen molar-refractivity contribution in [1.82, 2.24) is 4.90 Å². The molecule has 0 bridgehead atoms. The van der Waals surface area contributed by atoms with Crippen LogP contribution in [0.1, 0.15) is 25.5 Å². The van der Waals surface area contributed by atoms with Gasteiger partial charge in [0.25, 0.3) is 0 Å². The highest BCUT2D eigenvalue weighted by Gasteiger charge is 2.18. The molecule has 3 nitrogen and oxygen atoms in total. The van der Waals surface area contributed by atoms with Gasteiger partial charge < -0.3 is 14.7 Å². The summed E-state index contributed by atoms with van der Waals surface area (Å²) in [7, 11) is 0. The number of aliphatic hydroxyl groups excluding tert-OH is 1. The Morgan fingerprint density at radius 2 is 2.00 bits per heavy atom. The van der Waals surface area contributed by atoms with Crippen LogP contribution < -0.4 is 0 Å². The summed E-state index contributed by atoms with van der Waals surface area (Å²) in [6.07, 6.45) is -0.834. The fourth-order valence-corrected chi connectivity index (χ4v) is 3.31. The summed E-state index contributed by atoms with van der Waals surface area (Å²) in [5.41, 5.74) is 1.05. The minimum atomic E-state index is -0.834. The van der Waals surface area contributed by atoms with E-state index in [0.717, 1.165) is 24.5 Å². The van der Waals surface area contributed by atoms with Crippen LogP contribution in [0.5, 0.6) is 0 Å². The summed E-state index contributed by atoms with van der Waals surface area (Å²) in [6, 6.07) is 8.55. The highest BCUT2D eigenvalue weighted by atomic mass is 32.1. The standard InChI is InChI=1S/C18H24FNO2S/c1-3-20(4-2)10-11-22-13-16(21)14-7-5-8-15(19)18(14)17-9-6-12-23-17/h5-9,12,16,21H,3-4,10-11,13H2,1-2H3. The third-order valence-corrected chi connectivity index (χ3v) is 4.78. The monoisotopic (exact) mass is 337 g/mol. The molecule has 0 aliphatic heterocycles. The molecule has 1 heterocycles. The number of halogens is 1. The molecule has 0 saturated heterocycles. The molecule has 1 unspecified atom stereocenters. The topological polar surface area (TPSA) is 32.7 Å². The number of benzene rings is 1. The molecule has 23 heavy (non-hydrogen) atoms. The van der Waals surface area contributed by atoms with Crippen molar-refractivity contribution < 1.29 is 14.2 Å². The fraction of sp³-hybridized carbons (Fsp3) is 0.444. The lowest BCUT2D eigenvalue weighted by molar-refractivity contribution is 0.0275. The molecule has 0 amide bonds. The number of likely N-dealkylation sites (N-methyl/N-ethyl adjacent to an activating group) is 1. The Morgan fingerprint density at radius 3 is 2.65 bits per heavy atom. The molecular weight excluding hydrogens is 313 g/mol. The number of nitrogens with zero attached hydrogens (tertiary/aromatic N) is 1. The van der Waals surface area contributed by atoms with Gasteiger partial charge in [-0.3, -0.25) is 0 Å². The number of thiophene rings is 1. The molecule has 0 radical (unpaired) electrons. The van der Waals surface area contributed by atoms with Crippen LogP contribution in [-0.2, 0) is 4.74 Å². The zero-order chi connectivity index (χ0) is 16.7. The first kappa shape index (κ1) is 18.1. The lowest BCUT2D eigenvalue weighted by atomic mass is 10.0. The second-order valence-electron chi connectivity index (χ2n) is 5.30. The van der Waals surface area contributed by atoms with E-state index < -0.39 is 6.10 Å². The van der Waals surface area contributed by atoms with Crippen molar-refractivity contribution in [2.45, 2.75) is 20.0 Å². The van der Waals surface area contributed by atoms with Crippen LogP contribution in [-0.4, -0.2) is 42.9 Å². The Balaban J connectivity index is 2.00. The lowest BCUT2D eigenvalue weighted by Gasteiger charge is -2.19. The van der Waals surface area contributed by atoms with Crippen molar-refractivity contribution in [3.63, 3.8) is 0 Å². The second-order valence-corrected chi connectivity index (χ2v) is 6.25. The summed E-state index contributed by atoms with van der Waals surface area (Å²) in [5.74, 6) is -0.313. The van der Waals surface area contributed by atoms with Gasteiger partial charge in [0.1, 0.15) is 11.9 Å². The molecule has 126 valence electrons. The van der Waals surface area contributed by atoms with E-state index in [0.29, 0.717) is 17.7 Å². The van der Waals surface area contributed by atoms with Crippen LogP contribution in [0.2, 0.25) is 0 Å². The van der Waals surface area contributed by atoms with Crippen LogP contribution in [0.25, 0.3) is 10.4 Å². The molecule has 0 fully saturated rings. The molecule has 2 aromatic rings. The largest absolute Gasteiger partial charge is 0.386 e. The smallest absolute Gasteiger partial charge is 0.132 e. The number of ether oxygens (including phenoxy) is 1. The van der Waals surface area contributed by atoms with E-state index in [1.165, 1.54) is 17.4 Å². The summed E-state index contributed by atoms with van der Waals surface area (Å²) < 4.78 is 19.8. The number of rotatable bonds is 9. The molecule has 5 heteroatoms. The molecular formula is C18H24FNO2S. The van der Waals surface area contributed by atoms with Crippen molar-refractivity contribution in [2.75, 3.05) is 32.8 Å². The van der Waals surface area contributed by atoms with Crippen molar-refractivity contribution >= 4 is 11.3 Å². The Labute approximate surface area is 141 Å². The maximum atomic E-state index is 14.2. The first-order chi connectivity index (χ1) is 11.2. The number of aliphatic hydroxyl groups is 1. The number of hydrogen-bond acceptors (Lipinski definition) is 4. The molecule has 1 atom stereocenters. The van der Waals surface area contributed by atoms with Crippen LogP contribution in [0.3, 0.4) is 0 Å². The van der Waals surface area contributed by atoms with Gasteiger partial charge in [0.05, 0.1) is 13.2 Å². The summed E-state index contributed by atoms with van der Waals surface area (Å²) in [5, 5.41) is 12.3. The predicted octanol–water partition coefficient (Wildman–Crippen LogP) is 3.95. The van der Waals surface area contributed by atoms with Gasteiger partial charge in [-0.2, -0.15) is 0 Å². The normalized spacial score (nSPS) is 12.7. The molecule has 1 aromatic carbocycles. The average molecular weight is 337 g/mol. The number of hydrogen-bond donors (Lipinski definition) is 1. The third kappa shape index (κ3) is 4.85. The van der Waals surface area contributed by atoms with E-state index in [4.69, 9.17) is 4.74 Å². The van der Waals surface area contributed by atoms with Gasteiger partial charge in [0.15, 0.2) is 0 Å². The van der Waals surface area contributed by atoms with Gasteiger partial charge in [-0.05, 0) is 36.2 Å². The first-order valence-electron chi connectivity index (χ1n) is 7.97. The SMILES string of the molecule is CCN(CC)CCOCC(O)c1cccc(F)c1-c1cccs1. The molecule has 2 rings (SSSR count). The third-order valence-electron chi connectivity index (χ3n) is 3.89. The quantitative estimate of drug-likeness (QED) is 0.703. The van der Waals surface area contributed by atoms with Gasteiger partial charge in [-0.15, -0.1) is 11.3 Å². The molecule has 0 aliphatic rings. The zero-order valence-corrected chi connectivity index (χ0v) is 14.5. The van der Waals surface area contributed by atoms with Crippen LogP contribution in [0, 0.1) is 5.82 Å². The maximum absolute atomic E-state index is 14.2. The van der Waals surface area contributed by atoms with E-state index in [1.807, 2.05) is 17.5 Å². The summed E-state index contributed by atoms with van der Waals surface area (Å²) >= 11 is 1.46. The van der Waals surface area contributed by atoms with Gasteiger partial charge >= 0.3 is 0 Å². The molecule has 1 aromatic heterocycles. The Kier molecular flexibility index (Phi) is 7.17. The van der Waals surface area contributed by atoms with Gasteiger partial charge in [-0.1, -0.05) is 32.0 Å². The van der Waals surface area contributed by atoms with Crippen LogP contribution >= 0.6 is 11.3 Å². The lowest BCUT2D eigenvalue weighted by Crippen LogP contribution is -2.27. The van der Waals surface area contributed by atoms with Gasteiger partial charge in [-0.25, -0.2) is 4.39 Å². The zero-order valence-electron chi connectivity index (χ0n) is 13.7. The minimum Gasteiger partial charge on any atom is -0.386 e. The Morgan fingerprint density at radius 1 is 1.22 bits per heavy atom. The van der Waals surface area contributed by atoms with Crippen molar-refractivity contribution in [1.29, 1.82) is 0 Å². The van der Waals surface area contributed by atoms with E-state index in [2.05, 4.69) is 18.7 Å². The van der Waals surface area contributed by atoms with Crippen molar-refractivity contribution in [3.05, 3.63) is 47.1 Å². The highest BCUT2D eigenvalue weighted by Crippen LogP contribution is 2.33. The summed E-state index contributed by atoms with van der Waals surface area (Å²) in [6.45, 7) is 7.74. The fourth-order valence-electron chi connectivity index (χ4n) is 2.52. The van der Waals surface area contributed by atoms with Crippen molar-refractivity contribution in [3.8, 4) is 10.4 Å². The van der Waals surface area contributed by atoms with E-state index in [-0.39, 0.29) is 12.4 Å². The highest BCUT2D eigenvalue weighted by molar-refractivity contribution is 7.13. The maximum Gasteiger partial charge on any atom is 0.132 e.